The Hall–Kier alpha value is -1.35. The Bertz CT molecular complexity index is 437. The highest BCUT2D eigenvalue weighted by atomic mass is 32.1. The molecule has 0 radical (unpaired) electrons. The predicted octanol–water partition coefficient (Wildman–Crippen LogP) is 3.49. The molecule has 0 amide bonds. The van der Waals surface area contributed by atoms with Gasteiger partial charge in [-0.15, -0.1) is 11.3 Å². The van der Waals surface area contributed by atoms with Crippen LogP contribution in [0.1, 0.15) is 17.4 Å². The molecule has 0 aromatic carbocycles. The number of hydrogen-bond donors (Lipinski definition) is 1. The number of aromatic nitrogens is 1. The summed E-state index contributed by atoms with van der Waals surface area (Å²) >= 11 is 1.81. The Balaban J connectivity index is 1.97. The van der Waals surface area contributed by atoms with Crippen LogP contribution in [0.4, 0.5) is 5.69 Å². The molecule has 0 bridgehead atoms. The smallest absolute Gasteiger partial charge is 0.0402 e. The van der Waals surface area contributed by atoms with Crippen LogP contribution < -0.4 is 5.32 Å². The van der Waals surface area contributed by atoms with Gasteiger partial charge < -0.3 is 5.32 Å². The molecule has 0 aliphatic carbocycles. The van der Waals surface area contributed by atoms with Crippen LogP contribution in [0.3, 0.4) is 0 Å². The van der Waals surface area contributed by atoms with Gasteiger partial charge in [0.15, 0.2) is 0 Å². The second-order valence-electron chi connectivity index (χ2n) is 4.02. The van der Waals surface area contributed by atoms with Crippen LogP contribution >= 0.6 is 11.3 Å². The van der Waals surface area contributed by atoms with E-state index < -0.39 is 0 Å². The van der Waals surface area contributed by atoms with Crippen LogP contribution in [0.2, 0.25) is 0 Å². The third-order valence-corrected chi connectivity index (χ3v) is 3.41. The van der Waals surface area contributed by atoms with Gasteiger partial charge in [-0.05, 0) is 36.9 Å². The first kappa shape index (κ1) is 11.1. The van der Waals surface area contributed by atoms with Crippen LogP contribution in [-0.2, 0) is 6.42 Å². The standard InChI is InChI=1S/C13H16N2S/c1-10-9-14-6-5-13(10)15-11(2)8-12-4-3-7-16-12/h3-7,9,11H,8H2,1-2H3,(H,14,15). The molecule has 0 spiro atoms. The maximum absolute atomic E-state index is 4.09. The van der Waals surface area contributed by atoms with Gasteiger partial charge in [0, 0.05) is 35.4 Å². The van der Waals surface area contributed by atoms with E-state index in [4.69, 9.17) is 0 Å². The summed E-state index contributed by atoms with van der Waals surface area (Å²) < 4.78 is 0. The molecule has 2 aromatic heterocycles. The van der Waals surface area contributed by atoms with Crippen molar-refractivity contribution in [1.82, 2.24) is 4.98 Å². The van der Waals surface area contributed by atoms with Gasteiger partial charge in [-0.3, -0.25) is 4.98 Å². The molecule has 1 unspecified atom stereocenters. The van der Waals surface area contributed by atoms with Crippen LogP contribution in [0.5, 0.6) is 0 Å². The fourth-order valence-corrected chi connectivity index (χ4v) is 2.52. The minimum atomic E-state index is 0.444. The number of aryl methyl sites for hydroxylation is 1. The molecule has 16 heavy (non-hydrogen) atoms. The predicted molar refractivity (Wildman–Crippen MR) is 70.1 cm³/mol. The summed E-state index contributed by atoms with van der Waals surface area (Å²) in [5.74, 6) is 0. The first-order valence-electron chi connectivity index (χ1n) is 5.45. The summed E-state index contributed by atoms with van der Waals surface area (Å²) in [5, 5.41) is 5.64. The zero-order valence-corrected chi connectivity index (χ0v) is 10.4. The topological polar surface area (TPSA) is 24.9 Å². The van der Waals surface area contributed by atoms with E-state index in [1.54, 1.807) is 0 Å². The van der Waals surface area contributed by atoms with E-state index in [0.29, 0.717) is 6.04 Å². The van der Waals surface area contributed by atoms with Gasteiger partial charge >= 0.3 is 0 Å². The number of thiophene rings is 1. The van der Waals surface area contributed by atoms with Crippen molar-refractivity contribution in [2.24, 2.45) is 0 Å². The van der Waals surface area contributed by atoms with Crippen molar-refractivity contribution in [2.45, 2.75) is 26.3 Å². The minimum absolute atomic E-state index is 0.444. The third kappa shape index (κ3) is 2.83. The molecular weight excluding hydrogens is 216 g/mol. The molecule has 0 saturated heterocycles. The number of rotatable bonds is 4. The first-order valence-corrected chi connectivity index (χ1v) is 6.33. The van der Waals surface area contributed by atoms with Gasteiger partial charge in [0.05, 0.1) is 0 Å². The van der Waals surface area contributed by atoms with Crippen molar-refractivity contribution in [3.63, 3.8) is 0 Å². The molecule has 2 heterocycles. The van der Waals surface area contributed by atoms with Gasteiger partial charge in [-0.2, -0.15) is 0 Å². The largest absolute Gasteiger partial charge is 0.382 e. The molecule has 2 nitrogen and oxygen atoms in total. The number of nitrogens with zero attached hydrogens (tertiary/aromatic N) is 1. The zero-order chi connectivity index (χ0) is 11.4. The van der Waals surface area contributed by atoms with Gasteiger partial charge in [0.2, 0.25) is 0 Å². The summed E-state index contributed by atoms with van der Waals surface area (Å²) in [7, 11) is 0. The molecule has 84 valence electrons. The average Bonchev–Trinajstić information content (AvgIpc) is 2.74. The lowest BCUT2D eigenvalue weighted by molar-refractivity contribution is 0.799. The lowest BCUT2D eigenvalue weighted by Crippen LogP contribution is -2.18. The molecule has 0 saturated carbocycles. The normalized spacial score (nSPS) is 12.4. The lowest BCUT2D eigenvalue weighted by atomic mass is 10.2. The molecule has 3 heteroatoms. The highest BCUT2D eigenvalue weighted by Gasteiger charge is 2.05. The first-order chi connectivity index (χ1) is 7.75. The average molecular weight is 232 g/mol. The van der Waals surface area contributed by atoms with Gasteiger partial charge in [-0.1, -0.05) is 6.07 Å². The SMILES string of the molecule is Cc1cnccc1NC(C)Cc1cccs1. The Labute approximate surface area is 100 Å². The number of nitrogens with one attached hydrogen (secondary N) is 1. The van der Waals surface area contributed by atoms with Crippen molar-refractivity contribution in [3.05, 3.63) is 46.4 Å². The summed E-state index contributed by atoms with van der Waals surface area (Å²) in [6.07, 6.45) is 4.78. The summed E-state index contributed by atoms with van der Waals surface area (Å²) in [6, 6.07) is 6.76. The van der Waals surface area contributed by atoms with E-state index in [2.05, 4.69) is 41.7 Å². The third-order valence-electron chi connectivity index (χ3n) is 2.51. The van der Waals surface area contributed by atoms with E-state index in [0.717, 1.165) is 6.42 Å². The maximum Gasteiger partial charge on any atom is 0.0402 e. The highest BCUT2D eigenvalue weighted by Crippen LogP contribution is 2.16. The fraction of sp³-hybridized carbons (Fsp3) is 0.308. The van der Waals surface area contributed by atoms with E-state index in [9.17, 15) is 0 Å². The van der Waals surface area contributed by atoms with Crippen molar-refractivity contribution in [2.75, 3.05) is 5.32 Å². The summed E-state index contributed by atoms with van der Waals surface area (Å²) in [6.45, 7) is 4.28. The molecule has 1 N–H and O–H groups in total. The second kappa shape index (κ2) is 5.12. The van der Waals surface area contributed by atoms with Crippen LogP contribution in [-0.4, -0.2) is 11.0 Å². The molecular formula is C13H16N2S. The Morgan fingerprint density at radius 3 is 3.00 bits per heavy atom. The molecule has 2 aromatic rings. The quantitative estimate of drug-likeness (QED) is 0.872. The van der Waals surface area contributed by atoms with E-state index in [1.165, 1.54) is 16.1 Å². The monoisotopic (exact) mass is 232 g/mol. The summed E-state index contributed by atoms with van der Waals surface area (Å²) in [5.41, 5.74) is 2.37. The van der Waals surface area contributed by atoms with Crippen LogP contribution in [0.15, 0.2) is 36.0 Å². The van der Waals surface area contributed by atoms with E-state index >= 15 is 0 Å². The summed E-state index contributed by atoms with van der Waals surface area (Å²) in [4.78, 5) is 5.51. The zero-order valence-electron chi connectivity index (χ0n) is 9.60. The number of anilines is 1. The Morgan fingerprint density at radius 2 is 2.31 bits per heavy atom. The van der Waals surface area contributed by atoms with Gasteiger partial charge in [0.25, 0.3) is 0 Å². The number of hydrogen-bond acceptors (Lipinski definition) is 3. The van der Waals surface area contributed by atoms with Crippen molar-refractivity contribution in [3.8, 4) is 0 Å². The number of pyridine rings is 1. The van der Waals surface area contributed by atoms with E-state index in [1.807, 2.05) is 29.8 Å². The lowest BCUT2D eigenvalue weighted by Gasteiger charge is -2.15. The van der Waals surface area contributed by atoms with Gasteiger partial charge in [0.1, 0.15) is 0 Å². The Kier molecular flexibility index (Phi) is 3.57. The van der Waals surface area contributed by atoms with Crippen molar-refractivity contribution < 1.29 is 0 Å². The fourth-order valence-electron chi connectivity index (χ4n) is 1.68. The minimum Gasteiger partial charge on any atom is -0.382 e. The van der Waals surface area contributed by atoms with Gasteiger partial charge in [-0.25, -0.2) is 0 Å². The second-order valence-corrected chi connectivity index (χ2v) is 5.05. The maximum atomic E-state index is 4.09. The van der Waals surface area contributed by atoms with Crippen molar-refractivity contribution >= 4 is 17.0 Å². The highest BCUT2D eigenvalue weighted by molar-refractivity contribution is 7.09. The van der Waals surface area contributed by atoms with E-state index in [-0.39, 0.29) is 0 Å². The molecule has 0 aliphatic heterocycles. The van der Waals surface area contributed by atoms with Crippen LogP contribution in [0, 0.1) is 6.92 Å². The Morgan fingerprint density at radius 1 is 1.44 bits per heavy atom. The molecule has 0 aliphatic rings. The molecule has 0 fully saturated rings. The molecule has 1 atom stereocenters. The van der Waals surface area contributed by atoms with Crippen LogP contribution in [0.25, 0.3) is 0 Å². The molecule has 2 rings (SSSR count). The van der Waals surface area contributed by atoms with Crippen molar-refractivity contribution in [1.29, 1.82) is 0 Å².